The van der Waals surface area contributed by atoms with Crippen LogP contribution in [0.15, 0.2) is 0 Å². The average Bonchev–Trinajstić information content (AvgIpc) is 2.56. The number of hydrogen-bond donors (Lipinski definition) is 2. The molecule has 0 aliphatic carbocycles. The molecule has 160 valence electrons. The second-order valence-electron chi connectivity index (χ2n) is 9.88. The van der Waals surface area contributed by atoms with Gasteiger partial charge >= 0.3 is 0 Å². The lowest BCUT2D eigenvalue weighted by molar-refractivity contribution is -0.173. The summed E-state index contributed by atoms with van der Waals surface area (Å²) in [4.78, 5) is 0. The first kappa shape index (κ1) is 25.4. The molecule has 6 heteroatoms. The highest BCUT2D eigenvalue weighted by molar-refractivity contribution is 6.83. The third kappa shape index (κ3) is 5.50. The van der Waals surface area contributed by atoms with E-state index in [2.05, 4.69) is 78.6 Å². The molecule has 1 fully saturated rings. The van der Waals surface area contributed by atoms with Gasteiger partial charge in [0.05, 0.1) is 24.7 Å². The lowest BCUT2D eigenvalue weighted by Crippen LogP contribution is -2.61. The Hall–Kier alpha value is -0.606. The second-order valence-corrected chi connectivity index (χ2v) is 20.0. The van der Waals surface area contributed by atoms with Gasteiger partial charge < -0.3 is 19.4 Å². The molecule has 5 atom stereocenters. The quantitative estimate of drug-likeness (QED) is 0.503. The van der Waals surface area contributed by atoms with E-state index in [4.69, 9.17) is 15.6 Å². The molecule has 0 bridgehead atoms. The Labute approximate surface area is 174 Å². The van der Waals surface area contributed by atoms with E-state index in [0.717, 1.165) is 0 Å². The van der Waals surface area contributed by atoms with Crippen LogP contribution >= 0.6 is 0 Å². The normalized spacial score (nSPS) is 29.0. The van der Waals surface area contributed by atoms with Crippen molar-refractivity contribution in [3.63, 3.8) is 0 Å². The first-order chi connectivity index (χ1) is 12.8. The number of aliphatic hydroxyl groups excluding tert-OH is 2. The summed E-state index contributed by atoms with van der Waals surface area (Å²) in [5.74, 6) is 5.24. The van der Waals surface area contributed by atoms with Crippen LogP contribution in [0.4, 0.5) is 0 Å². The minimum Gasteiger partial charge on any atom is -0.407 e. The minimum atomic E-state index is -2.28. The molecule has 0 amide bonds. The smallest absolute Gasteiger partial charge is 0.201 e. The van der Waals surface area contributed by atoms with Crippen LogP contribution in [0.25, 0.3) is 0 Å². The predicted octanol–water partition coefficient (Wildman–Crippen LogP) is 3.80. The molecule has 0 saturated carbocycles. The van der Waals surface area contributed by atoms with Crippen LogP contribution in [-0.2, 0) is 9.16 Å². The molecule has 1 aliphatic heterocycles. The molecule has 0 aromatic rings. The fourth-order valence-corrected chi connectivity index (χ4v) is 10.6. The molecular weight excluding hydrogens is 384 g/mol. The Morgan fingerprint density at radius 3 is 1.89 bits per heavy atom. The summed E-state index contributed by atoms with van der Waals surface area (Å²) in [7, 11) is -3.92. The Balaban J connectivity index is 3.44. The summed E-state index contributed by atoms with van der Waals surface area (Å²) in [5.41, 5.74) is 4.45. The molecule has 0 aromatic heterocycles. The highest BCUT2D eigenvalue weighted by Gasteiger charge is 2.52. The topological polar surface area (TPSA) is 58.9 Å². The van der Waals surface area contributed by atoms with Crippen molar-refractivity contribution in [1.29, 1.82) is 0 Å². The molecule has 2 N–H and O–H groups in total. The molecule has 4 nitrogen and oxygen atoms in total. The van der Waals surface area contributed by atoms with Gasteiger partial charge in [-0.2, -0.15) is 0 Å². The highest BCUT2D eigenvalue weighted by atomic mass is 28.4. The summed E-state index contributed by atoms with van der Waals surface area (Å²) in [6.45, 7) is 19.5. The van der Waals surface area contributed by atoms with E-state index in [1.165, 1.54) is 0 Å². The molecule has 1 saturated heterocycles. The SMILES string of the molecule is C#C[C@@H]1[C@@H](O)[C@H](O[Si](C(C)C)(C(C)C)C(C)C)[C@@H](C#C[Si](C)(C)C)O[C@H]1CO. The largest absolute Gasteiger partial charge is 0.407 e. The fourth-order valence-electron chi connectivity index (χ4n) is 4.50. The van der Waals surface area contributed by atoms with Crippen LogP contribution in [0.1, 0.15) is 41.5 Å². The van der Waals surface area contributed by atoms with Gasteiger partial charge in [-0.1, -0.05) is 73.0 Å². The van der Waals surface area contributed by atoms with E-state index < -0.39 is 46.7 Å². The fraction of sp³-hybridized carbons (Fsp3) is 0.818. The molecular formula is C22H40O4Si2. The van der Waals surface area contributed by atoms with Crippen LogP contribution in [0.3, 0.4) is 0 Å². The molecule has 0 aromatic carbocycles. The molecule has 0 spiro atoms. The van der Waals surface area contributed by atoms with Gasteiger partial charge in [0.1, 0.15) is 20.3 Å². The predicted molar refractivity (Wildman–Crippen MR) is 121 cm³/mol. The van der Waals surface area contributed by atoms with Gasteiger partial charge in [0.15, 0.2) is 0 Å². The van der Waals surface area contributed by atoms with E-state index in [1.807, 2.05) is 0 Å². The Kier molecular flexibility index (Phi) is 9.02. The van der Waals surface area contributed by atoms with Gasteiger partial charge in [-0.25, -0.2) is 0 Å². The van der Waals surface area contributed by atoms with E-state index >= 15 is 0 Å². The molecule has 28 heavy (non-hydrogen) atoms. The lowest BCUT2D eigenvalue weighted by Gasteiger charge is -2.49. The molecule has 0 unspecified atom stereocenters. The maximum Gasteiger partial charge on any atom is 0.201 e. The van der Waals surface area contributed by atoms with E-state index in [9.17, 15) is 10.2 Å². The minimum absolute atomic E-state index is 0.245. The summed E-state index contributed by atoms with van der Waals surface area (Å²) in [6.07, 6.45) is 2.94. The molecule has 0 radical (unpaired) electrons. The average molecular weight is 425 g/mol. The zero-order valence-corrected chi connectivity index (χ0v) is 21.1. The zero-order valence-electron chi connectivity index (χ0n) is 19.1. The van der Waals surface area contributed by atoms with Crippen LogP contribution in [0, 0.1) is 29.7 Å². The van der Waals surface area contributed by atoms with Gasteiger partial charge in [0.25, 0.3) is 0 Å². The third-order valence-electron chi connectivity index (χ3n) is 5.73. The monoisotopic (exact) mass is 424 g/mol. The first-order valence-electron chi connectivity index (χ1n) is 10.4. The van der Waals surface area contributed by atoms with Crippen LogP contribution in [0.2, 0.25) is 36.3 Å². The van der Waals surface area contributed by atoms with Gasteiger partial charge in [-0.3, -0.25) is 0 Å². The lowest BCUT2D eigenvalue weighted by atomic mass is 9.87. The van der Waals surface area contributed by atoms with Crippen molar-refractivity contribution < 1.29 is 19.4 Å². The van der Waals surface area contributed by atoms with Crippen molar-refractivity contribution in [3.05, 3.63) is 0 Å². The standard InChI is InChI=1S/C22H40O4Si2/c1-11-18-20(14-23)25-19(12-13-27(8,9)10)22(21(18)24)26-28(15(2)3,16(4)5)17(6)7/h1,15-24H,14H2,2-10H3/t18-,19+,20-,21+,22+/m0/s1. The van der Waals surface area contributed by atoms with Crippen LogP contribution < -0.4 is 0 Å². The van der Waals surface area contributed by atoms with Crippen molar-refractivity contribution >= 4 is 16.4 Å². The number of rotatable bonds is 6. The van der Waals surface area contributed by atoms with Crippen molar-refractivity contribution in [1.82, 2.24) is 0 Å². The van der Waals surface area contributed by atoms with E-state index in [0.29, 0.717) is 16.6 Å². The van der Waals surface area contributed by atoms with E-state index in [1.54, 1.807) is 0 Å². The molecule has 1 heterocycles. The molecule has 1 rings (SSSR count). The van der Waals surface area contributed by atoms with E-state index in [-0.39, 0.29) is 6.61 Å². The Bertz CT molecular complexity index is 585. The zero-order chi connectivity index (χ0) is 21.9. The van der Waals surface area contributed by atoms with Crippen molar-refractivity contribution in [2.45, 2.75) is 102 Å². The Morgan fingerprint density at radius 1 is 1.04 bits per heavy atom. The van der Waals surface area contributed by atoms with Crippen molar-refractivity contribution in [2.24, 2.45) is 5.92 Å². The van der Waals surface area contributed by atoms with Crippen LogP contribution in [0.5, 0.6) is 0 Å². The van der Waals surface area contributed by atoms with Crippen molar-refractivity contribution in [2.75, 3.05) is 6.61 Å². The van der Waals surface area contributed by atoms with Gasteiger partial charge in [0, 0.05) is 0 Å². The number of hydrogen-bond acceptors (Lipinski definition) is 4. The summed E-state index contributed by atoms with van der Waals surface area (Å²) >= 11 is 0. The Morgan fingerprint density at radius 2 is 1.54 bits per heavy atom. The summed E-state index contributed by atoms with van der Waals surface area (Å²) in [6, 6.07) is 0. The van der Waals surface area contributed by atoms with Gasteiger partial charge in [0.2, 0.25) is 8.32 Å². The second kappa shape index (κ2) is 9.93. The maximum absolute atomic E-state index is 11.1. The first-order valence-corrected chi connectivity index (χ1v) is 16.1. The molecule has 1 aliphatic rings. The summed E-state index contributed by atoms with van der Waals surface area (Å²) < 4.78 is 13.0. The maximum atomic E-state index is 11.1. The van der Waals surface area contributed by atoms with Gasteiger partial charge in [-0.15, -0.1) is 12.0 Å². The highest BCUT2D eigenvalue weighted by Crippen LogP contribution is 2.45. The number of aliphatic hydroxyl groups is 2. The van der Waals surface area contributed by atoms with Crippen LogP contribution in [-0.4, -0.2) is 57.6 Å². The number of ether oxygens (including phenoxy) is 1. The van der Waals surface area contributed by atoms with Gasteiger partial charge in [-0.05, 0) is 16.6 Å². The number of terminal acetylenes is 1. The summed E-state index contributed by atoms with van der Waals surface area (Å²) in [5, 5.41) is 20.9. The third-order valence-corrected chi connectivity index (χ3v) is 12.7. The van der Waals surface area contributed by atoms with Crippen molar-refractivity contribution in [3.8, 4) is 23.8 Å².